The number of benzene rings is 1. The molecule has 1 N–H and O–H groups in total. The predicted octanol–water partition coefficient (Wildman–Crippen LogP) is 2.00. The van der Waals surface area contributed by atoms with E-state index in [0.717, 1.165) is 11.3 Å². The maximum Gasteiger partial charge on any atom is 0.118 e. The van der Waals surface area contributed by atoms with Crippen molar-refractivity contribution in [3.8, 4) is 5.75 Å². The van der Waals surface area contributed by atoms with Gasteiger partial charge in [-0.1, -0.05) is 19.1 Å². The van der Waals surface area contributed by atoms with E-state index in [1.54, 1.807) is 7.11 Å². The minimum Gasteiger partial charge on any atom is -0.497 e. The maximum atomic E-state index is 9.77. The van der Waals surface area contributed by atoms with Gasteiger partial charge >= 0.3 is 0 Å². The summed E-state index contributed by atoms with van der Waals surface area (Å²) in [6.45, 7) is 3.68. The standard InChI is InChI=1S/C15H22O4/c1-11-8-19-14(7-15(11)16)10-18-9-12-3-5-13(17-2)6-4-12/h3-6,11,14-16H,7-10H2,1-2H3/t11-,14-,15-/m0/s1. The number of ether oxygens (including phenoxy) is 3. The lowest BCUT2D eigenvalue weighted by atomic mass is 9.97. The van der Waals surface area contributed by atoms with Gasteiger partial charge in [0, 0.05) is 12.3 Å². The quantitative estimate of drug-likeness (QED) is 0.885. The maximum absolute atomic E-state index is 9.77. The second-order valence-corrected chi connectivity index (χ2v) is 5.10. The van der Waals surface area contributed by atoms with Crippen LogP contribution in [0.15, 0.2) is 24.3 Å². The summed E-state index contributed by atoms with van der Waals surface area (Å²) in [4.78, 5) is 0. The fourth-order valence-electron chi connectivity index (χ4n) is 2.11. The third-order valence-electron chi connectivity index (χ3n) is 3.49. The predicted molar refractivity (Wildman–Crippen MR) is 72.2 cm³/mol. The van der Waals surface area contributed by atoms with Gasteiger partial charge in [0.1, 0.15) is 5.75 Å². The van der Waals surface area contributed by atoms with E-state index in [1.165, 1.54) is 0 Å². The van der Waals surface area contributed by atoms with Gasteiger partial charge in [-0.3, -0.25) is 0 Å². The van der Waals surface area contributed by atoms with Crippen LogP contribution in [0.4, 0.5) is 0 Å². The van der Waals surface area contributed by atoms with E-state index in [2.05, 4.69) is 0 Å². The van der Waals surface area contributed by atoms with Crippen molar-refractivity contribution in [3.05, 3.63) is 29.8 Å². The van der Waals surface area contributed by atoms with Crippen LogP contribution < -0.4 is 4.74 Å². The largest absolute Gasteiger partial charge is 0.497 e. The Labute approximate surface area is 114 Å². The zero-order valence-electron chi connectivity index (χ0n) is 11.5. The van der Waals surface area contributed by atoms with Gasteiger partial charge in [0.05, 0.1) is 39.1 Å². The van der Waals surface area contributed by atoms with Crippen LogP contribution in [0.1, 0.15) is 18.9 Å². The lowest BCUT2D eigenvalue weighted by Gasteiger charge is -2.31. The minimum absolute atomic E-state index is 0.00412. The molecular formula is C15H22O4. The van der Waals surface area contributed by atoms with Crippen molar-refractivity contribution in [1.82, 2.24) is 0 Å². The Kier molecular flexibility index (Phi) is 5.19. The van der Waals surface area contributed by atoms with Crippen molar-refractivity contribution >= 4 is 0 Å². The van der Waals surface area contributed by atoms with E-state index in [1.807, 2.05) is 31.2 Å². The normalized spacial score (nSPS) is 27.2. The van der Waals surface area contributed by atoms with Gasteiger partial charge in [-0.2, -0.15) is 0 Å². The molecule has 4 nitrogen and oxygen atoms in total. The Morgan fingerprint density at radius 1 is 1.32 bits per heavy atom. The molecule has 0 saturated carbocycles. The van der Waals surface area contributed by atoms with Crippen molar-refractivity contribution in [1.29, 1.82) is 0 Å². The highest BCUT2D eigenvalue weighted by atomic mass is 16.5. The molecule has 1 heterocycles. The molecule has 0 spiro atoms. The van der Waals surface area contributed by atoms with Gasteiger partial charge in [0.25, 0.3) is 0 Å². The van der Waals surface area contributed by atoms with E-state index < -0.39 is 0 Å². The first-order valence-corrected chi connectivity index (χ1v) is 6.69. The molecule has 19 heavy (non-hydrogen) atoms. The van der Waals surface area contributed by atoms with Gasteiger partial charge in [-0.25, -0.2) is 0 Å². The molecule has 1 saturated heterocycles. The summed E-state index contributed by atoms with van der Waals surface area (Å²) in [5.74, 6) is 1.06. The van der Waals surface area contributed by atoms with E-state index in [4.69, 9.17) is 14.2 Å². The summed E-state index contributed by atoms with van der Waals surface area (Å²) in [6, 6.07) is 7.80. The molecule has 1 aromatic carbocycles. The number of rotatable bonds is 5. The van der Waals surface area contributed by atoms with Crippen molar-refractivity contribution < 1.29 is 19.3 Å². The molecule has 0 aromatic heterocycles. The fourth-order valence-corrected chi connectivity index (χ4v) is 2.11. The van der Waals surface area contributed by atoms with E-state index >= 15 is 0 Å². The lowest BCUT2D eigenvalue weighted by Crippen LogP contribution is -2.38. The Hall–Kier alpha value is -1.10. The smallest absolute Gasteiger partial charge is 0.118 e. The van der Waals surface area contributed by atoms with Crippen LogP contribution >= 0.6 is 0 Å². The van der Waals surface area contributed by atoms with Crippen molar-refractivity contribution in [2.45, 2.75) is 32.2 Å². The number of aliphatic hydroxyl groups excluding tert-OH is 1. The number of aliphatic hydroxyl groups is 1. The average molecular weight is 266 g/mol. The van der Waals surface area contributed by atoms with Crippen LogP contribution in [0, 0.1) is 5.92 Å². The molecule has 0 radical (unpaired) electrons. The van der Waals surface area contributed by atoms with Crippen LogP contribution in [-0.4, -0.2) is 37.6 Å². The summed E-state index contributed by atoms with van der Waals surface area (Å²) in [6.07, 6.45) is 0.386. The summed E-state index contributed by atoms with van der Waals surface area (Å²) < 4.78 is 16.4. The van der Waals surface area contributed by atoms with Crippen LogP contribution in [-0.2, 0) is 16.1 Å². The van der Waals surface area contributed by atoms with Crippen LogP contribution in [0.2, 0.25) is 0 Å². The molecule has 0 bridgehead atoms. The van der Waals surface area contributed by atoms with Gasteiger partial charge in [0.15, 0.2) is 0 Å². The van der Waals surface area contributed by atoms with Crippen molar-refractivity contribution in [2.24, 2.45) is 5.92 Å². The molecule has 3 atom stereocenters. The SMILES string of the molecule is COc1ccc(COC[C@@H]2C[C@H](O)[C@@H](C)CO2)cc1. The minimum atomic E-state index is -0.275. The lowest BCUT2D eigenvalue weighted by molar-refractivity contribution is -0.106. The van der Waals surface area contributed by atoms with Crippen LogP contribution in [0.3, 0.4) is 0 Å². The second kappa shape index (κ2) is 6.89. The summed E-state index contributed by atoms with van der Waals surface area (Å²) in [5.41, 5.74) is 1.10. The fraction of sp³-hybridized carbons (Fsp3) is 0.600. The van der Waals surface area contributed by atoms with E-state index in [9.17, 15) is 5.11 Å². The molecule has 0 aliphatic carbocycles. The Morgan fingerprint density at radius 2 is 2.05 bits per heavy atom. The van der Waals surface area contributed by atoms with Gasteiger partial charge in [0.2, 0.25) is 0 Å². The Bertz CT molecular complexity index is 376. The Balaban J connectivity index is 1.71. The molecule has 1 aliphatic heterocycles. The van der Waals surface area contributed by atoms with Gasteiger partial charge in [-0.15, -0.1) is 0 Å². The van der Waals surface area contributed by atoms with Crippen LogP contribution in [0.5, 0.6) is 5.75 Å². The van der Waals surface area contributed by atoms with Crippen molar-refractivity contribution in [3.63, 3.8) is 0 Å². The number of hydrogen-bond donors (Lipinski definition) is 1. The first kappa shape index (κ1) is 14.3. The zero-order chi connectivity index (χ0) is 13.7. The first-order chi connectivity index (χ1) is 9.19. The second-order valence-electron chi connectivity index (χ2n) is 5.10. The van der Waals surface area contributed by atoms with Crippen molar-refractivity contribution in [2.75, 3.05) is 20.3 Å². The summed E-state index contributed by atoms with van der Waals surface area (Å²) >= 11 is 0. The highest BCUT2D eigenvalue weighted by molar-refractivity contribution is 5.26. The summed E-state index contributed by atoms with van der Waals surface area (Å²) in [7, 11) is 1.65. The molecule has 0 amide bonds. The average Bonchev–Trinajstić information content (AvgIpc) is 2.43. The Morgan fingerprint density at radius 3 is 2.68 bits per heavy atom. The molecular weight excluding hydrogens is 244 g/mol. The molecule has 1 aliphatic rings. The van der Waals surface area contributed by atoms with Crippen LogP contribution in [0.25, 0.3) is 0 Å². The monoisotopic (exact) mass is 266 g/mol. The number of hydrogen-bond acceptors (Lipinski definition) is 4. The molecule has 0 unspecified atom stereocenters. The molecule has 4 heteroatoms. The highest BCUT2D eigenvalue weighted by Crippen LogP contribution is 2.19. The summed E-state index contributed by atoms with van der Waals surface area (Å²) in [5, 5.41) is 9.77. The van der Waals surface area contributed by atoms with Gasteiger partial charge < -0.3 is 19.3 Å². The number of methoxy groups -OCH3 is 1. The highest BCUT2D eigenvalue weighted by Gasteiger charge is 2.26. The van der Waals surface area contributed by atoms with Gasteiger partial charge in [-0.05, 0) is 17.7 Å². The first-order valence-electron chi connectivity index (χ1n) is 6.69. The molecule has 1 fully saturated rings. The zero-order valence-corrected chi connectivity index (χ0v) is 11.5. The molecule has 106 valence electrons. The third kappa shape index (κ3) is 4.20. The van der Waals surface area contributed by atoms with E-state index in [-0.39, 0.29) is 18.1 Å². The molecule has 1 aromatic rings. The molecule has 2 rings (SSSR count). The topological polar surface area (TPSA) is 47.9 Å². The van der Waals surface area contributed by atoms with E-state index in [0.29, 0.717) is 26.2 Å². The third-order valence-corrected chi connectivity index (χ3v) is 3.49.